The summed E-state index contributed by atoms with van der Waals surface area (Å²) in [7, 11) is 0.807. The lowest BCUT2D eigenvalue weighted by Crippen LogP contribution is -2.69. The molecule has 1 unspecified atom stereocenters. The molecule has 2 N–H and O–H groups in total. The number of carbonyl (C=O) groups is 2. The van der Waals surface area contributed by atoms with Gasteiger partial charge in [-0.25, -0.2) is 9.78 Å². The molecule has 26 heavy (non-hydrogen) atoms. The summed E-state index contributed by atoms with van der Waals surface area (Å²) in [5.41, 5.74) is -2.95. The SMILES string of the molecule is COC(=O)C(NC(=O)Cc1ccccc1)(Nc1ncc(C)s1)C(F)(F)F. The number of anilines is 1. The van der Waals surface area contributed by atoms with Crippen LogP contribution in [0.25, 0.3) is 0 Å². The Morgan fingerprint density at radius 2 is 1.88 bits per heavy atom. The molecule has 1 aromatic heterocycles. The van der Waals surface area contributed by atoms with Crippen LogP contribution in [0.5, 0.6) is 0 Å². The molecular weight excluding hydrogens is 371 g/mol. The number of methoxy groups -OCH3 is 1. The number of hydrogen-bond acceptors (Lipinski definition) is 6. The number of ether oxygens (including phenoxy) is 1. The smallest absolute Gasteiger partial charge is 0.442 e. The van der Waals surface area contributed by atoms with Gasteiger partial charge < -0.3 is 15.4 Å². The summed E-state index contributed by atoms with van der Waals surface area (Å²) in [5.74, 6) is -2.70. The van der Waals surface area contributed by atoms with Gasteiger partial charge in [0.05, 0.1) is 13.5 Å². The molecule has 10 heteroatoms. The van der Waals surface area contributed by atoms with E-state index in [0.29, 0.717) is 10.4 Å². The lowest BCUT2D eigenvalue weighted by molar-refractivity contribution is -0.206. The number of halogens is 3. The third kappa shape index (κ3) is 4.31. The highest BCUT2D eigenvalue weighted by Gasteiger charge is 2.63. The second kappa shape index (κ2) is 7.73. The van der Waals surface area contributed by atoms with E-state index < -0.39 is 23.7 Å². The minimum absolute atomic E-state index is 0.176. The summed E-state index contributed by atoms with van der Waals surface area (Å²) < 4.78 is 45.7. The molecule has 2 aromatic rings. The summed E-state index contributed by atoms with van der Waals surface area (Å²) in [5, 5.41) is 3.57. The highest BCUT2D eigenvalue weighted by molar-refractivity contribution is 7.15. The van der Waals surface area contributed by atoms with Gasteiger partial charge >= 0.3 is 17.8 Å². The zero-order chi connectivity index (χ0) is 19.4. The number of esters is 1. The Morgan fingerprint density at radius 3 is 2.38 bits per heavy atom. The number of nitrogens with zero attached hydrogens (tertiary/aromatic N) is 1. The number of benzene rings is 1. The van der Waals surface area contributed by atoms with Gasteiger partial charge in [0.25, 0.3) is 0 Å². The van der Waals surface area contributed by atoms with Crippen LogP contribution >= 0.6 is 11.3 Å². The molecule has 1 aromatic carbocycles. The first-order valence-electron chi connectivity index (χ1n) is 7.38. The standard InChI is InChI=1S/C16H16F3N3O3S/c1-10-9-20-14(26-10)22-15(13(24)25-2,16(17,18)19)21-12(23)8-11-6-4-3-5-7-11/h3-7,9H,8H2,1-2H3,(H,20,22)(H,21,23). The number of aryl methyl sites for hydroxylation is 1. The maximum atomic E-state index is 13.8. The van der Waals surface area contributed by atoms with Crippen LogP contribution in [-0.2, 0) is 20.7 Å². The van der Waals surface area contributed by atoms with Gasteiger partial charge in [0.15, 0.2) is 5.13 Å². The zero-order valence-corrected chi connectivity index (χ0v) is 14.7. The number of carbonyl (C=O) groups excluding carboxylic acids is 2. The summed E-state index contributed by atoms with van der Waals surface area (Å²) in [6.45, 7) is 1.64. The van der Waals surface area contributed by atoms with Gasteiger partial charge in [0.1, 0.15) is 0 Å². The van der Waals surface area contributed by atoms with Crippen molar-refractivity contribution in [3.05, 3.63) is 47.0 Å². The fourth-order valence-electron chi connectivity index (χ4n) is 2.15. The van der Waals surface area contributed by atoms with Crippen molar-refractivity contribution in [1.82, 2.24) is 10.3 Å². The fraction of sp³-hybridized carbons (Fsp3) is 0.312. The number of nitrogens with one attached hydrogen (secondary N) is 2. The van der Waals surface area contributed by atoms with Crippen LogP contribution < -0.4 is 10.6 Å². The van der Waals surface area contributed by atoms with Crippen molar-refractivity contribution in [1.29, 1.82) is 0 Å². The molecule has 0 aliphatic heterocycles. The van der Waals surface area contributed by atoms with Crippen LogP contribution in [0.3, 0.4) is 0 Å². The predicted molar refractivity (Wildman–Crippen MR) is 89.6 cm³/mol. The van der Waals surface area contributed by atoms with E-state index in [-0.39, 0.29) is 11.6 Å². The van der Waals surface area contributed by atoms with E-state index in [2.05, 4.69) is 9.72 Å². The Hall–Kier alpha value is -2.62. The Kier molecular flexibility index (Phi) is 5.86. The predicted octanol–water partition coefficient (Wildman–Crippen LogP) is 2.65. The van der Waals surface area contributed by atoms with Crippen LogP contribution in [0.2, 0.25) is 0 Å². The molecule has 0 aliphatic carbocycles. The highest BCUT2D eigenvalue weighted by atomic mass is 32.1. The van der Waals surface area contributed by atoms with E-state index in [4.69, 9.17) is 0 Å². The van der Waals surface area contributed by atoms with Gasteiger partial charge in [0.2, 0.25) is 5.91 Å². The van der Waals surface area contributed by atoms with Crippen molar-refractivity contribution in [2.45, 2.75) is 25.2 Å². The highest BCUT2D eigenvalue weighted by Crippen LogP contribution is 2.34. The Balaban J connectivity index is 2.34. The van der Waals surface area contributed by atoms with Gasteiger partial charge in [-0.05, 0) is 12.5 Å². The quantitative estimate of drug-likeness (QED) is 0.588. The van der Waals surface area contributed by atoms with Crippen molar-refractivity contribution >= 4 is 28.3 Å². The van der Waals surface area contributed by atoms with Crippen molar-refractivity contribution in [3.63, 3.8) is 0 Å². The molecule has 0 spiro atoms. The third-order valence-electron chi connectivity index (χ3n) is 3.37. The minimum atomic E-state index is -5.17. The van der Waals surface area contributed by atoms with Gasteiger partial charge in [-0.1, -0.05) is 30.3 Å². The number of hydrogen-bond donors (Lipinski definition) is 2. The van der Waals surface area contributed by atoms with Crippen molar-refractivity contribution in [2.24, 2.45) is 0 Å². The van der Waals surface area contributed by atoms with E-state index in [9.17, 15) is 22.8 Å². The number of rotatable bonds is 6. The minimum Gasteiger partial charge on any atom is -0.466 e. The summed E-state index contributed by atoms with van der Waals surface area (Å²) in [6.07, 6.45) is -4.17. The third-order valence-corrected chi connectivity index (χ3v) is 4.20. The molecular formula is C16H16F3N3O3S. The first-order valence-corrected chi connectivity index (χ1v) is 8.20. The van der Waals surface area contributed by atoms with E-state index in [1.54, 1.807) is 42.6 Å². The van der Waals surface area contributed by atoms with Crippen LogP contribution in [0, 0.1) is 6.92 Å². The van der Waals surface area contributed by atoms with Crippen LogP contribution in [0.15, 0.2) is 36.5 Å². The Bertz CT molecular complexity index is 780. The summed E-state index contributed by atoms with van der Waals surface area (Å²) in [4.78, 5) is 28.7. The fourth-order valence-corrected chi connectivity index (χ4v) is 2.87. The average molecular weight is 387 g/mol. The molecule has 1 atom stereocenters. The van der Waals surface area contributed by atoms with E-state index in [1.165, 1.54) is 6.20 Å². The van der Waals surface area contributed by atoms with Crippen molar-refractivity contribution < 1.29 is 27.5 Å². The largest absolute Gasteiger partial charge is 0.466 e. The lowest BCUT2D eigenvalue weighted by Gasteiger charge is -2.34. The molecule has 0 fully saturated rings. The number of thiazole rings is 1. The number of aromatic nitrogens is 1. The van der Waals surface area contributed by atoms with Crippen LogP contribution in [0.4, 0.5) is 18.3 Å². The first kappa shape index (κ1) is 19.7. The molecule has 6 nitrogen and oxygen atoms in total. The van der Waals surface area contributed by atoms with Gasteiger partial charge in [-0.2, -0.15) is 13.2 Å². The van der Waals surface area contributed by atoms with Gasteiger partial charge in [0, 0.05) is 11.1 Å². The zero-order valence-electron chi connectivity index (χ0n) is 13.9. The van der Waals surface area contributed by atoms with Gasteiger partial charge in [-0.15, -0.1) is 11.3 Å². The average Bonchev–Trinajstić information content (AvgIpc) is 2.98. The molecule has 0 bridgehead atoms. The number of alkyl halides is 3. The molecule has 0 saturated heterocycles. The molecule has 1 amide bonds. The Labute approximate surface area is 151 Å². The van der Waals surface area contributed by atoms with E-state index in [0.717, 1.165) is 18.4 Å². The second-order valence-electron chi connectivity index (χ2n) is 5.35. The topological polar surface area (TPSA) is 80.3 Å². The Morgan fingerprint density at radius 1 is 1.23 bits per heavy atom. The lowest BCUT2D eigenvalue weighted by atomic mass is 10.1. The second-order valence-corrected chi connectivity index (χ2v) is 6.59. The summed E-state index contributed by atoms with van der Waals surface area (Å²) in [6, 6.07) is 8.18. The van der Waals surface area contributed by atoms with Crippen LogP contribution in [0.1, 0.15) is 10.4 Å². The molecule has 1 heterocycles. The molecule has 140 valence electrons. The van der Waals surface area contributed by atoms with E-state index >= 15 is 0 Å². The monoisotopic (exact) mass is 387 g/mol. The van der Waals surface area contributed by atoms with Crippen molar-refractivity contribution in [2.75, 3.05) is 12.4 Å². The number of amides is 1. The maximum Gasteiger partial charge on any atom is 0.442 e. The van der Waals surface area contributed by atoms with Gasteiger partial charge in [-0.3, -0.25) is 4.79 Å². The summed E-state index contributed by atoms with van der Waals surface area (Å²) >= 11 is 0.908. The normalized spacial score (nSPS) is 13.6. The van der Waals surface area contributed by atoms with Crippen molar-refractivity contribution in [3.8, 4) is 0 Å². The maximum absolute atomic E-state index is 13.8. The molecule has 0 saturated carbocycles. The molecule has 0 aliphatic rings. The first-order chi connectivity index (χ1) is 12.2. The molecule has 0 radical (unpaired) electrons. The molecule has 2 rings (SSSR count). The van der Waals surface area contributed by atoms with E-state index in [1.807, 2.05) is 5.32 Å². The van der Waals surface area contributed by atoms with Crippen LogP contribution in [-0.4, -0.2) is 35.8 Å².